The summed E-state index contributed by atoms with van der Waals surface area (Å²) in [5.41, 5.74) is 2.29. The van der Waals surface area contributed by atoms with E-state index in [0.717, 1.165) is 0 Å². The van der Waals surface area contributed by atoms with Crippen molar-refractivity contribution in [2.75, 3.05) is 6.54 Å². The number of amides is 2. The van der Waals surface area contributed by atoms with Gasteiger partial charge in [0.25, 0.3) is 0 Å². The van der Waals surface area contributed by atoms with Crippen LogP contribution in [-0.4, -0.2) is 23.8 Å². The highest BCUT2D eigenvalue weighted by molar-refractivity contribution is 5.74. The fraction of sp³-hybridized carbons (Fsp3) is 0.632. The molecule has 0 aliphatic heterocycles. The fourth-order valence-corrected chi connectivity index (χ4v) is 3.06. The van der Waals surface area contributed by atoms with Crippen molar-refractivity contribution in [2.45, 2.75) is 59.1 Å². The summed E-state index contributed by atoms with van der Waals surface area (Å²) < 4.78 is 0. The van der Waals surface area contributed by atoms with E-state index in [2.05, 4.69) is 55.7 Å². The molecule has 0 bridgehead atoms. The lowest BCUT2D eigenvalue weighted by atomic mass is 9.87. The zero-order valence-corrected chi connectivity index (χ0v) is 14.7. The molecular formula is C19H30N2O2. The van der Waals surface area contributed by atoms with E-state index in [4.69, 9.17) is 0 Å². The van der Waals surface area contributed by atoms with Crippen molar-refractivity contribution >= 4 is 6.03 Å². The molecule has 1 aromatic rings. The molecule has 0 saturated heterocycles. The monoisotopic (exact) mass is 318 g/mol. The van der Waals surface area contributed by atoms with E-state index >= 15 is 0 Å². The molecule has 0 radical (unpaired) electrons. The van der Waals surface area contributed by atoms with Crippen LogP contribution in [0.5, 0.6) is 0 Å². The summed E-state index contributed by atoms with van der Waals surface area (Å²) >= 11 is 0. The van der Waals surface area contributed by atoms with Crippen LogP contribution in [0.15, 0.2) is 24.3 Å². The maximum atomic E-state index is 12.3. The molecule has 1 aromatic carbocycles. The van der Waals surface area contributed by atoms with Gasteiger partial charge < -0.3 is 15.7 Å². The fourth-order valence-electron chi connectivity index (χ4n) is 3.06. The number of urea groups is 1. The SMILES string of the molecule is Cc1ccc(C(NC(=O)NCC(C)(C)CC(C)O)C2CC2)cc1. The van der Waals surface area contributed by atoms with Crippen molar-refractivity contribution in [3.63, 3.8) is 0 Å². The van der Waals surface area contributed by atoms with Gasteiger partial charge in [0.2, 0.25) is 0 Å². The highest BCUT2D eigenvalue weighted by Crippen LogP contribution is 2.41. The second-order valence-corrected chi connectivity index (χ2v) is 7.77. The molecular weight excluding hydrogens is 288 g/mol. The Morgan fingerprint density at radius 3 is 2.43 bits per heavy atom. The predicted molar refractivity (Wildman–Crippen MR) is 93.3 cm³/mol. The van der Waals surface area contributed by atoms with E-state index in [0.29, 0.717) is 18.9 Å². The van der Waals surface area contributed by atoms with Crippen molar-refractivity contribution in [2.24, 2.45) is 11.3 Å². The average molecular weight is 318 g/mol. The molecule has 1 aliphatic carbocycles. The van der Waals surface area contributed by atoms with Crippen LogP contribution in [0.25, 0.3) is 0 Å². The molecule has 0 heterocycles. The molecule has 2 atom stereocenters. The third-order valence-corrected chi connectivity index (χ3v) is 4.39. The van der Waals surface area contributed by atoms with Crippen LogP contribution in [0, 0.1) is 18.3 Å². The van der Waals surface area contributed by atoms with Crippen LogP contribution in [0.2, 0.25) is 0 Å². The van der Waals surface area contributed by atoms with Crippen LogP contribution in [0.1, 0.15) is 57.2 Å². The lowest BCUT2D eigenvalue weighted by molar-refractivity contribution is 0.128. The Labute approximate surface area is 139 Å². The second-order valence-electron chi connectivity index (χ2n) is 7.77. The van der Waals surface area contributed by atoms with Crippen LogP contribution >= 0.6 is 0 Å². The molecule has 4 nitrogen and oxygen atoms in total. The third-order valence-electron chi connectivity index (χ3n) is 4.39. The van der Waals surface area contributed by atoms with Gasteiger partial charge in [0.15, 0.2) is 0 Å². The second kappa shape index (κ2) is 7.35. The number of hydrogen-bond donors (Lipinski definition) is 3. The Hall–Kier alpha value is -1.55. The molecule has 1 aliphatic rings. The first-order chi connectivity index (χ1) is 10.8. The van der Waals surface area contributed by atoms with Gasteiger partial charge >= 0.3 is 6.03 Å². The first-order valence-corrected chi connectivity index (χ1v) is 8.56. The van der Waals surface area contributed by atoms with E-state index in [1.165, 1.54) is 24.0 Å². The minimum absolute atomic E-state index is 0.0930. The van der Waals surface area contributed by atoms with Crippen molar-refractivity contribution in [1.82, 2.24) is 10.6 Å². The minimum atomic E-state index is -0.360. The van der Waals surface area contributed by atoms with Crippen LogP contribution in [0.3, 0.4) is 0 Å². The number of nitrogens with one attached hydrogen (secondary N) is 2. The molecule has 3 N–H and O–H groups in total. The van der Waals surface area contributed by atoms with Crippen molar-refractivity contribution in [1.29, 1.82) is 0 Å². The minimum Gasteiger partial charge on any atom is -0.393 e. The van der Waals surface area contributed by atoms with Gasteiger partial charge in [-0.25, -0.2) is 4.79 Å². The zero-order chi connectivity index (χ0) is 17.0. The van der Waals surface area contributed by atoms with E-state index in [1.807, 2.05) is 0 Å². The normalized spacial score (nSPS) is 17.4. The Kier molecular flexibility index (Phi) is 5.69. The summed E-state index contributed by atoms with van der Waals surface area (Å²) in [6, 6.07) is 8.37. The Bertz CT molecular complexity index is 519. The van der Waals surface area contributed by atoms with Crippen LogP contribution in [0.4, 0.5) is 4.79 Å². The van der Waals surface area contributed by atoms with Crippen molar-refractivity contribution in [3.05, 3.63) is 35.4 Å². The molecule has 2 rings (SSSR count). The summed E-state index contributed by atoms with van der Waals surface area (Å²) in [4.78, 5) is 12.3. The number of aliphatic hydroxyl groups excluding tert-OH is 1. The van der Waals surface area contributed by atoms with Crippen LogP contribution < -0.4 is 10.6 Å². The summed E-state index contributed by atoms with van der Waals surface area (Å²) in [7, 11) is 0. The number of hydrogen-bond acceptors (Lipinski definition) is 2. The average Bonchev–Trinajstić information content (AvgIpc) is 3.27. The lowest BCUT2D eigenvalue weighted by Gasteiger charge is -2.27. The van der Waals surface area contributed by atoms with Crippen LogP contribution in [-0.2, 0) is 0 Å². The molecule has 1 fully saturated rings. The third kappa shape index (κ3) is 5.87. The molecule has 23 heavy (non-hydrogen) atoms. The standard InChI is InChI=1S/C19H30N2O2/c1-13-5-7-15(8-6-13)17(16-9-10-16)21-18(23)20-12-19(3,4)11-14(2)22/h5-8,14,16-17,22H,9-12H2,1-4H3,(H2,20,21,23). The summed E-state index contributed by atoms with van der Waals surface area (Å²) in [5, 5.41) is 15.6. The van der Waals surface area contributed by atoms with E-state index in [9.17, 15) is 9.90 Å². The van der Waals surface area contributed by atoms with Gasteiger partial charge in [-0.3, -0.25) is 0 Å². The number of rotatable bonds is 7. The first-order valence-electron chi connectivity index (χ1n) is 8.56. The van der Waals surface area contributed by atoms with Crippen molar-refractivity contribution in [3.8, 4) is 0 Å². The highest BCUT2D eigenvalue weighted by Gasteiger charge is 2.33. The summed E-state index contributed by atoms with van der Waals surface area (Å²) in [5.74, 6) is 0.550. The van der Waals surface area contributed by atoms with Gasteiger partial charge in [-0.1, -0.05) is 43.7 Å². The quantitative estimate of drug-likeness (QED) is 0.720. The molecule has 2 unspecified atom stereocenters. The van der Waals surface area contributed by atoms with Gasteiger partial charge in [0.05, 0.1) is 12.1 Å². The maximum Gasteiger partial charge on any atom is 0.315 e. The van der Waals surface area contributed by atoms with E-state index in [1.54, 1.807) is 6.92 Å². The van der Waals surface area contributed by atoms with Gasteiger partial charge in [-0.15, -0.1) is 0 Å². The smallest absolute Gasteiger partial charge is 0.315 e. The number of carbonyl (C=O) groups excluding carboxylic acids is 1. The molecule has 0 aromatic heterocycles. The van der Waals surface area contributed by atoms with Gasteiger partial charge in [-0.2, -0.15) is 0 Å². The number of benzene rings is 1. The zero-order valence-electron chi connectivity index (χ0n) is 14.7. The highest BCUT2D eigenvalue weighted by atomic mass is 16.3. The summed E-state index contributed by atoms with van der Waals surface area (Å²) in [6.45, 7) is 8.51. The predicted octanol–water partition coefficient (Wildman–Crippen LogP) is 3.54. The largest absolute Gasteiger partial charge is 0.393 e. The van der Waals surface area contributed by atoms with E-state index in [-0.39, 0.29) is 23.6 Å². The Balaban J connectivity index is 1.90. The first kappa shape index (κ1) is 17.8. The maximum absolute atomic E-state index is 12.3. The topological polar surface area (TPSA) is 61.4 Å². The van der Waals surface area contributed by atoms with Gasteiger partial charge in [-0.05, 0) is 50.0 Å². The van der Waals surface area contributed by atoms with E-state index < -0.39 is 0 Å². The molecule has 2 amide bonds. The lowest BCUT2D eigenvalue weighted by Crippen LogP contribution is -2.43. The number of carbonyl (C=O) groups is 1. The number of aryl methyl sites for hydroxylation is 1. The van der Waals surface area contributed by atoms with Crippen molar-refractivity contribution < 1.29 is 9.90 Å². The molecule has 128 valence electrons. The summed E-state index contributed by atoms with van der Waals surface area (Å²) in [6.07, 6.45) is 2.65. The Morgan fingerprint density at radius 1 is 1.30 bits per heavy atom. The molecule has 1 saturated carbocycles. The van der Waals surface area contributed by atoms with Gasteiger partial charge in [0.1, 0.15) is 0 Å². The van der Waals surface area contributed by atoms with Gasteiger partial charge in [0, 0.05) is 6.54 Å². The number of aliphatic hydroxyl groups is 1. The molecule has 4 heteroatoms. The molecule has 0 spiro atoms. The Morgan fingerprint density at radius 2 is 1.91 bits per heavy atom.